The zero-order valence-corrected chi connectivity index (χ0v) is 48.5. The number of piperazine rings is 1. The number of carbonyl (C=O) groups excluding carboxylic acids is 3. The molecule has 428 valence electrons. The second-order valence-corrected chi connectivity index (χ2v) is 26.1. The van der Waals surface area contributed by atoms with Crippen molar-refractivity contribution in [2.75, 3.05) is 56.6 Å². The van der Waals surface area contributed by atoms with Crippen molar-refractivity contribution in [2.24, 2.45) is 5.41 Å². The summed E-state index contributed by atoms with van der Waals surface area (Å²) in [5, 5.41) is 39.7. The van der Waals surface area contributed by atoms with Gasteiger partial charge in [-0.3, -0.25) is 19.3 Å². The van der Waals surface area contributed by atoms with Gasteiger partial charge in [-0.05, 0) is 106 Å². The largest absolute Gasteiger partial charge is 0.461 e. The van der Waals surface area contributed by atoms with Gasteiger partial charge in [-0.2, -0.15) is 15.2 Å². The summed E-state index contributed by atoms with van der Waals surface area (Å²) in [6, 6.07) is 12.0. The summed E-state index contributed by atoms with van der Waals surface area (Å²) in [5.41, 5.74) is 9.36. The van der Waals surface area contributed by atoms with Gasteiger partial charge in [0.1, 0.15) is 46.9 Å². The van der Waals surface area contributed by atoms with Crippen LogP contribution >= 0.6 is 34.3 Å². The lowest BCUT2D eigenvalue weighted by atomic mass is 9.83. The molecular formula is C59H68ClF2N11O6S2. The van der Waals surface area contributed by atoms with Crippen molar-refractivity contribution in [3.8, 4) is 33.6 Å². The Balaban J connectivity index is 0.800. The van der Waals surface area contributed by atoms with Crippen LogP contribution < -0.4 is 26.0 Å². The number of nitrogen functional groups attached to an aromatic ring is 1. The lowest BCUT2D eigenvalue weighted by Crippen LogP contribution is -2.59. The molecule has 17 nitrogen and oxygen atoms in total. The molecule has 3 amide bonds. The number of thiazole rings is 1. The number of fused-ring (bicyclic) bond motifs is 4. The Hall–Kier alpha value is -6.12. The smallest absolute Gasteiger partial charge is 0.319 e. The van der Waals surface area contributed by atoms with Crippen LogP contribution in [0.3, 0.4) is 0 Å². The molecule has 8 atom stereocenters. The molecule has 0 spiro atoms. The Morgan fingerprint density at radius 2 is 1.85 bits per heavy atom. The molecule has 0 saturated carbocycles. The molecule has 5 fully saturated rings. The maximum Gasteiger partial charge on any atom is 0.319 e. The highest BCUT2D eigenvalue weighted by Crippen LogP contribution is 2.47. The highest BCUT2D eigenvalue weighted by molar-refractivity contribution is 7.23. The molecule has 6 N–H and O–H groups in total. The summed E-state index contributed by atoms with van der Waals surface area (Å²) < 4.78 is 39.3. The lowest BCUT2D eigenvalue weighted by molar-refractivity contribution is -0.152. The molecule has 11 rings (SSSR count). The number of amides is 3. The van der Waals surface area contributed by atoms with Gasteiger partial charge in [0.05, 0.1) is 55.7 Å². The van der Waals surface area contributed by atoms with Crippen LogP contribution in [0.5, 0.6) is 6.01 Å². The zero-order valence-electron chi connectivity index (χ0n) is 46.1. The minimum atomic E-state index is -0.935. The Labute approximate surface area is 482 Å². The third-order valence-corrected chi connectivity index (χ3v) is 19.7. The second kappa shape index (κ2) is 22.6. The average molecular weight is 1160 g/mol. The number of anilines is 2. The van der Waals surface area contributed by atoms with E-state index in [1.807, 2.05) is 64.4 Å². The second-order valence-electron chi connectivity index (χ2n) is 23.7. The van der Waals surface area contributed by atoms with E-state index in [4.69, 9.17) is 32.0 Å². The molecular weight excluding hydrogens is 1100 g/mol. The van der Waals surface area contributed by atoms with Crippen molar-refractivity contribution in [1.29, 1.82) is 5.26 Å². The van der Waals surface area contributed by atoms with Gasteiger partial charge in [0.2, 0.25) is 17.7 Å². The van der Waals surface area contributed by atoms with Gasteiger partial charge in [0.25, 0.3) is 0 Å². The molecule has 0 radical (unpaired) electrons. The number of β-amino-alcohol motifs (C(OH)–C–C–N with tert-alkyl or cyclic N) is 1. The minimum Gasteiger partial charge on any atom is -0.461 e. The summed E-state index contributed by atoms with van der Waals surface area (Å²) in [5.74, 6) is -1.83. The first-order chi connectivity index (χ1) is 38.8. The van der Waals surface area contributed by atoms with Crippen molar-refractivity contribution >= 4 is 83.8 Å². The Morgan fingerprint density at radius 1 is 1.10 bits per heavy atom. The number of ether oxygens (including phenoxy) is 1. The number of benzene rings is 3. The summed E-state index contributed by atoms with van der Waals surface area (Å²) >= 11 is 9.47. The number of thiophene rings is 1. The lowest BCUT2D eigenvalue weighted by Gasteiger charge is -2.43. The van der Waals surface area contributed by atoms with Gasteiger partial charge in [-0.1, -0.05) is 62.7 Å². The Morgan fingerprint density at radius 3 is 2.54 bits per heavy atom. The van der Waals surface area contributed by atoms with Crippen LogP contribution in [-0.2, 0) is 14.4 Å². The van der Waals surface area contributed by atoms with E-state index >= 15 is 8.78 Å². The van der Waals surface area contributed by atoms with Crippen LogP contribution in [0.1, 0.15) is 108 Å². The van der Waals surface area contributed by atoms with Gasteiger partial charge in [0, 0.05) is 66.9 Å². The van der Waals surface area contributed by atoms with Crippen molar-refractivity contribution < 1.29 is 38.1 Å². The molecule has 2 bridgehead atoms. The molecule has 5 aliphatic rings. The molecule has 81 heavy (non-hydrogen) atoms. The zero-order chi connectivity index (χ0) is 57.2. The summed E-state index contributed by atoms with van der Waals surface area (Å²) in [7, 11) is 0. The molecule has 8 heterocycles. The summed E-state index contributed by atoms with van der Waals surface area (Å²) in [6.45, 7) is 11.7. The predicted molar refractivity (Wildman–Crippen MR) is 310 cm³/mol. The van der Waals surface area contributed by atoms with E-state index in [9.17, 15) is 29.9 Å². The molecule has 0 aliphatic carbocycles. The van der Waals surface area contributed by atoms with Gasteiger partial charge in [-0.25, -0.2) is 13.8 Å². The third-order valence-electron chi connectivity index (χ3n) is 17.4. The van der Waals surface area contributed by atoms with Crippen LogP contribution in [0.4, 0.5) is 19.6 Å². The number of hydrogen-bond donors (Lipinski definition) is 5. The molecule has 22 heteroatoms. The number of hydrogen-bond acceptors (Lipinski definition) is 16. The monoisotopic (exact) mass is 1160 g/mol. The number of likely N-dealkylation sites (tertiary alicyclic amines) is 3. The number of halogens is 3. The summed E-state index contributed by atoms with van der Waals surface area (Å²) in [4.78, 5) is 65.7. The van der Waals surface area contributed by atoms with E-state index < -0.39 is 40.8 Å². The van der Waals surface area contributed by atoms with Crippen LogP contribution in [0.25, 0.3) is 42.6 Å². The first kappa shape index (κ1) is 56.7. The number of nitrogens with one attached hydrogen (secondary N) is 2. The highest BCUT2D eigenvalue weighted by atomic mass is 35.5. The van der Waals surface area contributed by atoms with E-state index in [1.54, 1.807) is 22.3 Å². The van der Waals surface area contributed by atoms with Gasteiger partial charge in [0.15, 0.2) is 5.82 Å². The van der Waals surface area contributed by atoms with Crippen LogP contribution in [0.15, 0.2) is 48.0 Å². The minimum absolute atomic E-state index is 0.0228. The highest BCUT2D eigenvalue weighted by Gasteiger charge is 2.51. The van der Waals surface area contributed by atoms with Gasteiger partial charge >= 0.3 is 6.01 Å². The summed E-state index contributed by atoms with van der Waals surface area (Å²) in [6.07, 6.45) is 4.47. The first-order valence-corrected chi connectivity index (χ1v) is 30.1. The Bertz CT molecular complexity index is 3450. The number of nitrogens with zero attached hydrogens (tertiary/aromatic N) is 8. The van der Waals surface area contributed by atoms with Crippen molar-refractivity contribution in [2.45, 2.75) is 140 Å². The number of aliphatic hydroxyl groups excluding tert-OH is 2. The van der Waals surface area contributed by atoms with Crippen molar-refractivity contribution in [3.63, 3.8) is 0 Å². The molecule has 3 aromatic heterocycles. The standard InChI is InChI=1S/C59H68ClF2N11O6S2/c1-31(33-9-11-34(12-10-33)50-32(2)65-30-80-50)66-55(77)44-22-38(75)27-72(44)56(78)52(58(3,4)5)73-37(15-18-45(73)76)8-6-20-71-21-7-19-59(71,28-74)29-79-57-68-49-40(54(69-57)70-25-35-13-14-36(26-70)67-35)23-42(60)47(48(49)62)39-16-17-43(61)51-46(39)41(24-63)53(64)81-51/h9-12,16-17,23,30-31,35-38,44,52,67,74-75H,6-8,13-15,18-22,25-29,64H2,1-5H3,(H,66,77)/t31-,35?,36?,37-,38+,44-,52+,59+/m0/s1. The third kappa shape index (κ3) is 10.7. The average Bonchev–Trinajstić information content (AvgIpc) is 4.41. The number of aryl methyl sites for hydroxylation is 1. The Kier molecular flexibility index (Phi) is 15.8. The molecule has 5 saturated heterocycles. The van der Waals surface area contributed by atoms with Crippen LogP contribution in [0.2, 0.25) is 5.02 Å². The predicted octanol–water partition coefficient (Wildman–Crippen LogP) is 8.50. The van der Waals surface area contributed by atoms with Gasteiger partial charge in [-0.15, -0.1) is 22.7 Å². The SMILES string of the molecule is Cc1ncsc1-c1ccc([C@H](C)NC(=O)[C@@H]2C[C@@H](O)CN2C(=O)[C@@H](N2C(=O)CC[C@@H]2CCCN2CCC[C@@]2(CO)COc2nc(N3CC4CCC(C3)N4)c3cc(Cl)c(-c4ccc(F)c5sc(N)c(C#N)c45)c(F)c3n2)C(C)(C)C)cc1. The fourth-order valence-corrected chi connectivity index (χ4v) is 15.4. The van der Waals surface area contributed by atoms with Gasteiger partial charge < -0.3 is 46.0 Å². The fourth-order valence-electron chi connectivity index (χ4n) is 13.3. The molecule has 5 aliphatic heterocycles. The number of rotatable bonds is 16. The molecule has 6 aromatic rings. The number of nitriles is 1. The number of aromatic nitrogens is 3. The van der Waals surface area contributed by atoms with E-state index in [2.05, 4.69) is 31.5 Å². The van der Waals surface area contributed by atoms with E-state index in [1.165, 1.54) is 17.0 Å². The number of aliphatic hydroxyl groups is 2. The normalized spacial score (nSPS) is 23.9. The number of nitrogens with two attached hydrogens (primary N) is 1. The molecule has 2 unspecified atom stereocenters. The van der Waals surface area contributed by atoms with E-state index in [-0.39, 0.29) is 123 Å². The van der Waals surface area contributed by atoms with E-state index in [0.29, 0.717) is 63.1 Å². The number of carbonyl (C=O) groups is 3. The fraction of sp³-hybridized carbons (Fsp3) is 0.508. The maximum absolute atomic E-state index is 17.5. The van der Waals surface area contributed by atoms with Crippen molar-refractivity contribution in [3.05, 3.63) is 81.5 Å². The van der Waals surface area contributed by atoms with Crippen molar-refractivity contribution in [1.82, 2.24) is 40.3 Å². The topological polar surface area (TPSA) is 226 Å². The van der Waals surface area contributed by atoms with E-state index in [0.717, 1.165) is 52.3 Å². The van der Waals surface area contributed by atoms with Crippen LogP contribution in [0, 0.1) is 35.3 Å². The quantitative estimate of drug-likeness (QED) is 0.0613. The van der Waals surface area contributed by atoms with Crippen LogP contribution in [-0.4, -0.2) is 145 Å². The first-order valence-electron chi connectivity index (χ1n) is 28.0. The maximum atomic E-state index is 17.5. The molecule has 3 aromatic carbocycles.